The van der Waals surface area contributed by atoms with Gasteiger partial charge in [-0.2, -0.15) is 0 Å². The van der Waals surface area contributed by atoms with E-state index in [1.807, 2.05) is 6.92 Å². The summed E-state index contributed by atoms with van der Waals surface area (Å²) in [7, 11) is 0. The van der Waals surface area contributed by atoms with E-state index in [1.165, 1.54) is 12.1 Å². The van der Waals surface area contributed by atoms with Gasteiger partial charge in [-0.05, 0) is 43.5 Å². The second kappa shape index (κ2) is 7.76. The number of hydrogen-bond acceptors (Lipinski definition) is 3. The summed E-state index contributed by atoms with van der Waals surface area (Å²) in [6.07, 6.45) is 1.47. The van der Waals surface area contributed by atoms with Gasteiger partial charge in [-0.15, -0.1) is 0 Å². The molecular formula is C12H18BrFN2O. The van der Waals surface area contributed by atoms with Gasteiger partial charge in [-0.3, -0.25) is 11.3 Å². The standard InChI is InChI=1S/C12H18BrFN2O/c1-2-17-6-5-11(16-15)8-9-7-10(14)3-4-12(9)13/h3-4,7,11,16H,2,5-6,8,15H2,1H3. The van der Waals surface area contributed by atoms with Crippen molar-refractivity contribution in [3.8, 4) is 0 Å². The van der Waals surface area contributed by atoms with Crippen LogP contribution < -0.4 is 11.3 Å². The first-order valence-electron chi connectivity index (χ1n) is 5.65. The fourth-order valence-corrected chi connectivity index (χ4v) is 1.99. The van der Waals surface area contributed by atoms with Crippen LogP contribution in [0.3, 0.4) is 0 Å². The lowest BCUT2D eigenvalue weighted by Gasteiger charge is -2.16. The van der Waals surface area contributed by atoms with Gasteiger partial charge in [-0.25, -0.2) is 4.39 Å². The molecule has 0 aliphatic heterocycles. The van der Waals surface area contributed by atoms with Crippen molar-refractivity contribution in [3.05, 3.63) is 34.1 Å². The van der Waals surface area contributed by atoms with E-state index in [2.05, 4.69) is 21.4 Å². The molecule has 17 heavy (non-hydrogen) atoms. The molecule has 3 nitrogen and oxygen atoms in total. The minimum Gasteiger partial charge on any atom is -0.382 e. The minimum atomic E-state index is -0.233. The van der Waals surface area contributed by atoms with Crippen molar-refractivity contribution in [3.63, 3.8) is 0 Å². The summed E-state index contributed by atoms with van der Waals surface area (Å²) in [6.45, 7) is 3.30. The maximum Gasteiger partial charge on any atom is 0.123 e. The molecule has 1 aromatic rings. The molecule has 3 N–H and O–H groups in total. The van der Waals surface area contributed by atoms with Gasteiger partial charge in [0.25, 0.3) is 0 Å². The maximum atomic E-state index is 13.1. The summed E-state index contributed by atoms with van der Waals surface area (Å²) in [5.41, 5.74) is 3.64. The molecule has 0 aromatic heterocycles. The number of ether oxygens (including phenoxy) is 1. The molecule has 0 spiro atoms. The largest absolute Gasteiger partial charge is 0.382 e. The van der Waals surface area contributed by atoms with E-state index in [1.54, 1.807) is 6.07 Å². The smallest absolute Gasteiger partial charge is 0.123 e. The molecule has 5 heteroatoms. The van der Waals surface area contributed by atoms with Gasteiger partial charge in [0.05, 0.1) is 0 Å². The van der Waals surface area contributed by atoms with Gasteiger partial charge < -0.3 is 4.74 Å². The van der Waals surface area contributed by atoms with E-state index >= 15 is 0 Å². The molecule has 0 aliphatic rings. The number of hydrogen-bond donors (Lipinski definition) is 2. The molecule has 0 fully saturated rings. The average Bonchev–Trinajstić information content (AvgIpc) is 2.32. The lowest BCUT2D eigenvalue weighted by Crippen LogP contribution is -2.37. The Morgan fingerprint density at radius 3 is 2.94 bits per heavy atom. The van der Waals surface area contributed by atoms with Crippen molar-refractivity contribution in [2.24, 2.45) is 5.84 Å². The van der Waals surface area contributed by atoms with Crippen molar-refractivity contribution in [2.75, 3.05) is 13.2 Å². The first kappa shape index (κ1) is 14.6. The van der Waals surface area contributed by atoms with Gasteiger partial charge in [0.15, 0.2) is 0 Å². The van der Waals surface area contributed by atoms with Crippen LogP contribution in [0.1, 0.15) is 18.9 Å². The number of halogens is 2. The normalized spacial score (nSPS) is 12.7. The average molecular weight is 305 g/mol. The lowest BCUT2D eigenvalue weighted by atomic mass is 10.0. The third-order valence-electron chi connectivity index (χ3n) is 2.52. The molecule has 0 saturated heterocycles. The highest BCUT2D eigenvalue weighted by molar-refractivity contribution is 9.10. The van der Waals surface area contributed by atoms with Crippen LogP contribution >= 0.6 is 15.9 Å². The summed E-state index contributed by atoms with van der Waals surface area (Å²) >= 11 is 3.40. The summed E-state index contributed by atoms with van der Waals surface area (Å²) < 4.78 is 19.3. The molecule has 0 amide bonds. The van der Waals surface area contributed by atoms with Gasteiger partial charge >= 0.3 is 0 Å². The number of nitrogens with one attached hydrogen (secondary N) is 1. The second-order valence-corrected chi connectivity index (χ2v) is 4.64. The monoisotopic (exact) mass is 304 g/mol. The van der Waals surface area contributed by atoms with Crippen LogP contribution in [0.4, 0.5) is 4.39 Å². The fraction of sp³-hybridized carbons (Fsp3) is 0.500. The van der Waals surface area contributed by atoms with Gasteiger partial charge in [0.1, 0.15) is 5.82 Å². The van der Waals surface area contributed by atoms with Crippen molar-refractivity contribution >= 4 is 15.9 Å². The molecule has 0 bridgehead atoms. The van der Waals surface area contributed by atoms with Gasteiger partial charge in [0, 0.05) is 23.7 Å². The molecule has 0 aliphatic carbocycles. The third-order valence-corrected chi connectivity index (χ3v) is 3.30. The summed E-state index contributed by atoms with van der Waals surface area (Å²) in [4.78, 5) is 0. The summed E-state index contributed by atoms with van der Waals surface area (Å²) in [5, 5.41) is 0. The lowest BCUT2D eigenvalue weighted by molar-refractivity contribution is 0.136. The van der Waals surface area contributed by atoms with E-state index in [0.29, 0.717) is 19.6 Å². The van der Waals surface area contributed by atoms with Crippen LogP contribution in [0, 0.1) is 5.82 Å². The molecule has 0 heterocycles. The molecule has 96 valence electrons. The molecule has 0 saturated carbocycles. The Hall–Kier alpha value is -0.490. The molecule has 0 radical (unpaired) electrons. The number of nitrogens with two attached hydrogens (primary N) is 1. The van der Waals surface area contributed by atoms with Crippen LogP contribution in [0.2, 0.25) is 0 Å². The molecular weight excluding hydrogens is 287 g/mol. The first-order valence-corrected chi connectivity index (χ1v) is 6.44. The zero-order valence-corrected chi connectivity index (χ0v) is 11.5. The van der Waals surface area contributed by atoms with E-state index in [-0.39, 0.29) is 11.9 Å². The van der Waals surface area contributed by atoms with Crippen molar-refractivity contribution in [1.29, 1.82) is 0 Å². The second-order valence-electron chi connectivity index (χ2n) is 3.79. The summed E-state index contributed by atoms with van der Waals surface area (Å²) in [5.74, 6) is 5.24. The van der Waals surface area contributed by atoms with Crippen molar-refractivity contribution < 1.29 is 9.13 Å². The quantitative estimate of drug-likeness (QED) is 0.462. The topological polar surface area (TPSA) is 47.3 Å². The third kappa shape index (κ3) is 5.12. The zero-order valence-electron chi connectivity index (χ0n) is 9.88. The van der Waals surface area contributed by atoms with Crippen molar-refractivity contribution in [2.45, 2.75) is 25.8 Å². The highest BCUT2D eigenvalue weighted by Gasteiger charge is 2.10. The van der Waals surface area contributed by atoms with E-state index in [4.69, 9.17) is 10.6 Å². The molecule has 1 atom stereocenters. The van der Waals surface area contributed by atoms with Crippen molar-refractivity contribution in [1.82, 2.24) is 5.43 Å². The Kier molecular flexibility index (Phi) is 6.65. The zero-order chi connectivity index (χ0) is 12.7. The molecule has 1 rings (SSSR count). The Morgan fingerprint density at radius 2 is 2.29 bits per heavy atom. The molecule has 1 unspecified atom stereocenters. The van der Waals surface area contributed by atoms with Crippen LogP contribution in [0.25, 0.3) is 0 Å². The van der Waals surface area contributed by atoms with E-state index in [9.17, 15) is 4.39 Å². The van der Waals surface area contributed by atoms with Gasteiger partial charge in [0.2, 0.25) is 0 Å². The predicted molar refractivity (Wildman–Crippen MR) is 70.0 cm³/mol. The Labute approximate surface area is 110 Å². The van der Waals surface area contributed by atoms with Gasteiger partial charge in [-0.1, -0.05) is 15.9 Å². The molecule has 1 aromatic carbocycles. The first-order chi connectivity index (χ1) is 8.17. The number of benzene rings is 1. The SMILES string of the molecule is CCOCCC(Cc1cc(F)ccc1Br)NN. The minimum absolute atomic E-state index is 0.0830. The number of hydrazine groups is 1. The predicted octanol–water partition coefficient (Wildman–Crippen LogP) is 2.39. The van der Waals surface area contributed by atoms with Crippen LogP contribution in [-0.4, -0.2) is 19.3 Å². The van der Waals surface area contributed by atoms with Crippen LogP contribution in [0.5, 0.6) is 0 Å². The maximum absolute atomic E-state index is 13.1. The number of rotatable bonds is 7. The Morgan fingerprint density at radius 1 is 1.53 bits per heavy atom. The Bertz CT molecular complexity index is 349. The van der Waals surface area contributed by atoms with Crippen LogP contribution in [-0.2, 0) is 11.2 Å². The van der Waals surface area contributed by atoms with E-state index in [0.717, 1.165) is 16.5 Å². The van der Waals surface area contributed by atoms with E-state index < -0.39 is 0 Å². The highest BCUT2D eigenvalue weighted by Crippen LogP contribution is 2.19. The summed E-state index contributed by atoms with van der Waals surface area (Å²) in [6, 6.07) is 4.74. The van der Waals surface area contributed by atoms with Crippen LogP contribution in [0.15, 0.2) is 22.7 Å². The fourth-order valence-electron chi connectivity index (χ4n) is 1.58. The Balaban J connectivity index is 2.57. The highest BCUT2D eigenvalue weighted by atomic mass is 79.9.